The lowest BCUT2D eigenvalue weighted by Crippen LogP contribution is -2.02. The van der Waals surface area contributed by atoms with Gasteiger partial charge in [-0.15, -0.1) is 19.3 Å². The molecule has 112 valence electrons. The van der Waals surface area contributed by atoms with E-state index in [0.717, 1.165) is 5.71 Å². The first-order chi connectivity index (χ1) is 10.6. The van der Waals surface area contributed by atoms with Crippen LogP contribution in [0.2, 0.25) is 0 Å². The fourth-order valence-electron chi connectivity index (χ4n) is 1.56. The minimum Gasteiger partial charge on any atom is -0.479 e. The van der Waals surface area contributed by atoms with Gasteiger partial charge in [-0.2, -0.15) is 0 Å². The minimum atomic E-state index is 0.0937. The number of ether oxygens (including phenoxy) is 3. The van der Waals surface area contributed by atoms with Crippen molar-refractivity contribution in [1.82, 2.24) is 0 Å². The molecule has 1 aromatic carbocycles. The van der Waals surface area contributed by atoms with Gasteiger partial charge in [0.25, 0.3) is 0 Å². The number of aliphatic imine (C=N–C) groups is 1. The van der Waals surface area contributed by atoms with Crippen molar-refractivity contribution >= 4 is 11.4 Å². The van der Waals surface area contributed by atoms with Crippen LogP contribution in [0.1, 0.15) is 13.8 Å². The lowest BCUT2D eigenvalue weighted by atomic mass is 10.2. The molecule has 0 unspecified atom stereocenters. The molecule has 0 N–H and O–H groups in total. The summed E-state index contributed by atoms with van der Waals surface area (Å²) in [5.41, 5.74) is 1.43. The third-order valence-electron chi connectivity index (χ3n) is 2.30. The monoisotopic (exact) mass is 295 g/mol. The van der Waals surface area contributed by atoms with Crippen LogP contribution in [0.3, 0.4) is 0 Å². The van der Waals surface area contributed by atoms with Gasteiger partial charge >= 0.3 is 0 Å². The topological polar surface area (TPSA) is 40.0 Å². The second kappa shape index (κ2) is 9.01. The highest BCUT2D eigenvalue weighted by atomic mass is 16.5. The largest absolute Gasteiger partial charge is 0.479 e. The predicted octanol–water partition coefficient (Wildman–Crippen LogP) is 2.83. The molecule has 0 amide bonds. The normalized spacial score (nSPS) is 8.86. The summed E-state index contributed by atoms with van der Waals surface area (Å²) in [5, 5.41) is 0. The maximum Gasteiger partial charge on any atom is 0.166 e. The molecule has 0 aliphatic rings. The molecule has 0 aromatic heterocycles. The fourth-order valence-corrected chi connectivity index (χ4v) is 1.56. The van der Waals surface area contributed by atoms with Crippen LogP contribution in [-0.4, -0.2) is 25.5 Å². The Labute approximate surface area is 131 Å². The molecule has 0 saturated heterocycles. The highest BCUT2D eigenvalue weighted by Crippen LogP contribution is 2.40. The van der Waals surface area contributed by atoms with Crippen LogP contribution >= 0.6 is 0 Å². The van der Waals surface area contributed by atoms with Gasteiger partial charge in [-0.25, -0.2) is 0 Å². The maximum absolute atomic E-state index is 5.50. The van der Waals surface area contributed by atoms with Crippen LogP contribution in [0.15, 0.2) is 17.1 Å². The Morgan fingerprint density at radius 1 is 0.864 bits per heavy atom. The zero-order valence-electron chi connectivity index (χ0n) is 12.7. The Bertz CT molecular complexity index is 665. The van der Waals surface area contributed by atoms with Gasteiger partial charge in [-0.05, 0) is 13.8 Å². The van der Waals surface area contributed by atoms with Crippen molar-refractivity contribution in [2.24, 2.45) is 4.99 Å². The molecule has 0 radical (unpaired) electrons. The molecule has 0 aliphatic carbocycles. The summed E-state index contributed by atoms with van der Waals surface area (Å²) in [6.07, 6.45) is 15.7. The Balaban J connectivity index is 3.29. The zero-order valence-corrected chi connectivity index (χ0v) is 12.7. The van der Waals surface area contributed by atoms with E-state index in [1.807, 2.05) is 13.8 Å². The summed E-state index contributed by atoms with van der Waals surface area (Å²) in [7, 11) is 0. The van der Waals surface area contributed by atoms with Crippen molar-refractivity contribution in [2.45, 2.75) is 13.8 Å². The molecular formula is C18H17NO3. The number of hydrogen-bond acceptors (Lipinski definition) is 4. The lowest BCUT2D eigenvalue weighted by Gasteiger charge is -2.14. The summed E-state index contributed by atoms with van der Waals surface area (Å²) in [6.45, 7) is 4.05. The first kappa shape index (κ1) is 17.0. The number of hydrogen-bond donors (Lipinski definition) is 0. The Morgan fingerprint density at radius 3 is 1.77 bits per heavy atom. The zero-order chi connectivity index (χ0) is 16.4. The predicted molar refractivity (Wildman–Crippen MR) is 87.9 cm³/mol. The van der Waals surface area contributed by atoms with Gasteiger partial charge in [0.2, 0.25) is 0 Å². The van der Waals surface area contributed by atoms with Crippen molar-refractivity contribution in [3.05, 3.63) is 12.1 Å². The first-order valence-corrected chi connectivity index (χ1v) is 6.51. The van der Waals surface area contributed by atoms with Gasteiger partial charge in [0.15, 0.2) is 11.5 Å². The average molecular weight is 295 g/mol. The van der Waals surface area contributed by atoms with Crippen molar-refractivity contribution in [3.8, 4) is 54.3 Å². The molecule has 0 aliphatic heterocycles. The molecule has 0 heterocycles. The van der Waals surface area contributed by atoms with E-state index >= 15 is 0 Å². The maximum atomic E-state index is 5.50. The summed E-state index contributed by atoms with van der Waals surface area (Å²) in [4.78, 5) is 4.40. The molecule has 4 nitrogen and oxygen atoms in total. The van der Waals surface area contributed by atoms with Crippen LogP contribution in [-0.2, 0) is 0 Å². The fraction of sp³-hybridized carbons (Fsp3) is 0.278. The second-order valence-corrected chi connectivity index (χ2v) is 4.30. The number of rotatable bonds is 7. The summed E-state index contributed by atoms with van der Waals surface area (Å²) >= 11 is 0. The molecule has 0 saturated carbocycles. The standard InChI is InChI=1S/C18H17NO3/c1-6-9-20-16-13-18(22-11-8-3)17(21-10-7-2)12-15(16)19-14(4)5/h1-3,12-13H,9-11H2,4-5H3. The van der Waals surface area contributed by atoms with Gasteiger partial charge in [0, 0.05) is 17.8 Å². The smallest absolute Gasteiger partial charge is 0.166 e. The molecule has 0 spiro atoms. The van der Waals surface area contributed by atoms with Crippen molar-refractivity contribution < 1.29 is 14.2 Å². The van der Waals surface area contributed by atoms with Crippen molar-refractivity contribution in [2.75, 3.05) is 19.8 Å². The molecule has 0 fully saturated rings. The quantitative estimate of drug-likeness (QED) is 0.573. The summed E-state index contributed by atoms with van der Waals surface area (Å²) < 4.78 is 16.4. The van der Waals surface area contributed by atoms with Gasteiger partial charge in [-0.3, -0.25) is 4.99 Å². The van der Waals surface area contributed by atoms with E-state index in [0.29, 0.717) is 22.9 Å². The minimum absolute atomic E-state index is 0.0937. The molecule has 0 bridgehead atoms. The van der Waals surface area contributed by atoms with Gasteiger partial charge in [-0.1, -0.05) is 17.8 Å². The van der Waals surface area contributed by atoms with E-state index in [1.54, 1.807) is 12.1 Å². The molecule has 0 atom stereocenters. The van der Waals surface area contributed by atoms with Gasteiger partial charge < -0.3 is 14.2 Å². The number of nitrogens with zero attached hydrogens (tertiary/aromatic N) is 1. The van der Waals surface area contributed by atoms with E-state index < -0.39 is 0 Å². The molecular weight excluding hydrogens is 278 g/mol. The highest BCUT2D eigenvalue weighted by molar-refractivity contribution is 5.83. The lowest BCUT2D eigenvalue weighted by molar-refractivity contribution is 0.309. The molecule has 4 heteroatoms. The van der Waals surface area contributed by atoms with Crippen LogP contribution in [0.5, 0.6) is 17.2 Å². The van der Waals surface area contributed by atoms with E-state index in [-0.39, 0.29) is 19.8 Å². The first-order valence-electron chi connectivity index (χ1n) is 6.51. The SMILES string of the molecule is C#CCOc1cc(OCC#C)c(OCC#C)cc1N=C(C)C. The summed E-state index contributed by atoms with van der Waals surface area (Å²) in [6, 6.07) is 3.32. The van der Waals surface area contributed by atoms with Crippen molar-refractivity contribution in [1.29, 1.82) is 0 Å². The number of terminal acetylenes is 3. The Hall–Kier alpha value is -3.03. The van der Waals surface area contributed by atoms with E-state index in [4.69, 9.17) is 33.5 Å². The third-order valence-corrected chi connectivity index (χ3v) is 2.30. The van der Waals surface area contributed by atoms with Gasteiger partial charge in [0.05, 0.1) is 0 Å². The Kier molecular flexibility index (Phi) is 6.97. The van der Waals surface area contributed by atoms with Crippen molar-refractivity contribution in [3.63, 3.8) is 0 Å². The Morgan fingerprint density at radius 2 is 1.32 bits per heavy atom. The van der Waals surface area contributed by atoms with E-state index in [1.165, 1.54) is 0 Å². The number of benzene rings is 1. The molecule has 1 aromatic rings. The second-order valence-electron chi connectivity index (χ2n) is 4.30. The highest BCUT2D eigenvalue weighted by Gasteiger charge is 2.13. The summed E-state index contributed by atoms with van der Waals surface area (Å²) in [5.74, 6) is 8.55. The molecule has 1 rings (SSSR count). The van der Waals surface area contributed by atoms with Crippen LogP contribution in [0.4, 0.5) is 5.69 Å². The third kappa shape index (κ3) is 5.16. The molecule has 22 heavy (non-hydrogen) atoms. The van der Waals surface area contributed by atoms with E-state index in [9.17, 15) is 0 Å². The van der Waals surface area contributed by atoms with E-state index in [2.05, 4.69) is 22.8 Å². The van der Waals surface area contributed by atoms with Crippen LogP contribution in [0, 0.1) is 37.0 Å². The van der Waals surface area contributed by atoms with Crippen LogP contribution in [0.25, 0.3) is 0 Å². The van der Waals surface area contributed by atoms with Gasteiger partial charge in [0.1, 0.15) is 31.3 Å². The van der Waals surface area contributed by atoms with Crippen LogP contribution < -0.4 is 14.2 Å². The average Bonchev–Trinajstić information content (AvgIpc) is 2.49.